The standard InChI is InChI=1S/C20H18N4O/c1-25-17-10-9-15-18-16(11-21-19(15)23-17)22-20(14-7-8-14)24(18)12-13-5-3-2-4-6-13/h2-6,9-11,14H,7-8,12H2,1H3. The SMILES string of the molecule is COc1ccc2c(ncc3nc(C4CC4)n(Cc4ccccc4)c32)n1. The molecule has 0 saturated heterocycles. The van der Waals surface area contributed by atoms with Crippen LogP contribution in [0.25, 0.3) is 22.1 Å². The van der Waals surface area contributed by atoms with Gasteiger partial charge in [-0.3, -0.25) is 0 Å². The zero-order chi connectivity index (χ0) is 16.8. The number of imidazole rings is 1. The molecule has 0 spiro atoms. The van der Waals surface area contributed by atoms with Crippen LogP contribution in [0.4, 0.5) is 0 Å². The fraction of sp³-hybridized carbons (Fsp3) is 0.250. The van der Waals surface area contributed by atoms with E-state index in [1.54, 1.807) is 7.11 Å². The van der Waals surface area contributed by atoms with Gasteiger partial charge in [-0.1, -0.05) is 30.3 Å². The van der Waals surface area contributed by atoms with Crippen molar-refractivity contribution in [3.8, 4) is 5.88 Å². The second-order valence-corrected chi connectivity index (χ2v) is 6.53. The summed E-state index contributed by atoms with van der Waals surface area (Å²) in [6.07, 6.45) is 4.27. The minimum Gasteiger partial charge on any atom is -0.481 e. The quantitative estimate of drug-likeness (QED) is 0.569. The van der Waals surface area contributed by atoms with Gasteiger partial charge >= 0.3 is 0 Å². The summed E-state index contributed by atoms with van der Waals surface area (Å²) in [5.41, 5.74) is 4.03. The number of nitrogens with zero attached hydrogens (tertiary/aromatic N) is 4. The molecule has 3 aromatic heterocycles. The molecule has 1 aliphatic rings. The van der Waals surface area contributed by atoms with E-state index in [4.69, 9.17) is 9.72 Å². The van der Waals surface area contributed by atoms with E-state index in [0.717, 1.165) is 23.0 Å². The Morgan fingerprint density at radius 2 is 1.92 bits per heavy atom. The number of rotatable bonds is 4. The summed E-state index contributed by atoms with van der Waals surface area (Å²) >= 11 is 0. The molecule has 124 valence electrons. The Morgan fingerprint density at radius 1 is 1.08 bits per heavy atom. The van der Waals surface area contributed by atoms with Gasteiger partial charge in [0, 0.05) is 23.9 Å². The number of methoxy groups -OCH3 is 1. The number of pyridine rings is 2. The normalized spacial score (nSPS) is 14.3. The maximum atomic E-state index is 5.24. The monoisotopic (exact) mass is 330 g/mol. The van der Waals surface area contributed by atoms with Crippen molar-refractivity contribution in [2.24, 2.45) is 0 Å². The Balaban J connectivity index is 1.76. The summed E-state index contributed by atoms with van der Waals surface area (Å²) in [4.78, 5) is 13.9. The largest absolute Gasteiger partial charge is 0.481 e. The Kier molecular flexibility index (Phi) is 3.20. The van der Waals surface area contributed by atoms with Crippen LogP contribution in [0.3, 0.4) is 0 Å². The van der Waals surface area contributed by atoms with Crippen LogP contribution < -0.4 is 4.74 Å². The molecule has 0 radical (unpaired) electrons. The van der Waals surface area contributed by atoms with Crippen molar-refractivity contribution in [1.29, 1.82) is 0 Å². The maximum absolute atomic E-state index is 5.24. The van der Waals surface area contributed by atoms with Crippen LogP contribution >= 0.6 is 0 Å². The molecule has 0 atom stereocenters. The van der Waals surface area contributed by atoms with Crippen molar-refractivity contribution in [1.82, 2.24) is 19.5 Å². The number of hydrogen-bond donors (Lipinski definition) is 0. The molecule has 0 unspecified atom stereocenters. The topological polar surface area (TPSA) is 52.8 Å². The summed E-state index contributed by atoms with van der Waals surface area (Å²) in [7, 11) is 1.62. The van der Waals surface area contributed by atoms with Gasteiger partial charge in [0.15, 0.2) is 5.65 Å². The van der Waals surface area contributed by atoms with Crippen molar-refractivity contribution in [2.75, 3.05) is 7.11 Å². The fourth-order valence-corrected chi connectivity index (χ4v) is 3.39. The molecule has 0 bridgehead atoms. The molecule has 1 saturated carbocycles. The van der Waals surface area contributed by atoms with Gasteiger partial charge in [0.2, 0.25) is 5.88 Å². The fourth-order valence-electron chi connectivity index (χ4n) is 3.39. The Bertz CT molecular complexity index is 1070. The molecule has 1 fully saturated rings. The van der Waals surface area contributed by atoms with Crippen LogP contribution in [0.2, 0.25) is 0 Å². The molecule has 5 heteroatoms. The smallest absolute Gasteiger partial charge is 0.215 e. The van der Waals surface area contributed by atoms with Crippen LogP contribution in [0.5, 0.6) is 5.88 Å². The van der Waals surface area contributed by atoms with E-state index in [2.05, 4.69) is 38.8 Å². The second-order valence-electron chi connectivity index (χ2n) is 6.53. The second kappa shape index (κ2) is 5.55. The Hall–Kier alpha value is -2.95. The molecular formula is C20H18N4O. The molecule has 5 rings (SSSR count). The molecule has 4 aromatic rings. The molecule has 0 amide bonds. The molecule has 0 N–H and O–H groups in total. The zero-order valence-electron chi connectivity index (χ0n) is 14.0. The lowest BCUT2D eigenvalue weighted by molar-refractivity contribution is 0.399. The average molecular weight is 330 g/mol. The van der Waals surface area contributed by atoms with Crippen molar-refractivity contribution in [2.45, 2.75) is 25.3 Å². The number of fused-ring (bicyclic) bond motifs is 3. The molecule has 1 aromatic carbocycles. The van der Waals surface area contributed by atoms with Crippen LogP contribution in [-0.4, -0.2) is 26.6 Å². The average Bonchev–Trinajstić information content (AvgIpc) is 3.44. The first-order valence-electron chi connectivity index (χ1n) is 8.57. The Morgan fingerprint density at radius 3 is 2.68 bits per heavy atom. The first-order chi connectivity index (χ1) is 12.3. The van der Waals surface area contributed by atoms with Crippen molar-refractivity contribution >= 4 is 22.1 Å². The van der Waals surface area contributed by atoms with Gasteiger partial charge < -0.3 is 9.30 Å². The van der Waals surface area contributed by atoms with E-state index < -0.39 is 0 Å². The Labute approximate surface area is 145 Å². The lowest BCUT2D eigenvalue weighted by Crippen LogP contribution is -2.04. The van der Waals surface area contributed by atoms with Crippen molar-refractivity contribution in [3.63, 3.8) is 0 Å². The number of ether oxygens (including phenoxy) is 1. The van der Waals surface area contributed by atoms with E-state index >= 15 is 0 Å². The molecule has 25 heavy (non-hydrogen) atoms. The highest BCUT2D eigenvalue weighted by Crippen LogP contribution is 2.41. The summed E-state index contributed by atoms with van der Waals surface area (Å²) in [5, 5.41) is 1.02. The van der Waals surface area contributed by atoms with Crippen LogP contribution in [0.1, 0.15) is 30.1 Å². The van der Waals surface area contributed by atoms with E-state index in [1.165, 1.54) is 24.2 Å². The van der Waals surface area contributed by atoms with E-state index in [9.17, 15) is 0 Å². The molecule has 1 aliphatic carbocycles. The highest BCUT2D eigenvalue weighted by atomic mass is 16.5. The first-order valence-corrected chi connectivity index (χ1v) is 8.57. The third-order valence-electron chi connectivity index (χ3n) is 4.77. The van der Waals surface area contributed by atoms with E-state index in [-0.39, 0.29) is 0 Å². The van der Waals surface area contributed by atoms with E-state index in [1.807, 2.05) is 24.4 Å². The predicted octanol–water partition coefficient (Wildman–Crippen LogP) is 3.91. The number of aromatic nitrogens is 4. The van der Waals surface area contributed by atoms with Gasteiger partial charge in [-0.25, -0.2) is 9.97 Å². The molecule has 5 nitrogen and oxygen atoms in total. The van der Waals surface area contributed by atoms with Gasteiger partial charge in [-0.05, 0) is 24.5 Å². The lowest BCUT2D eigenvalue weighted by Gasteiger charge is -2.10. The molecule has 0 aliphatic heterocycles. The summed E-state index contributed by atoms with van der Waals surface area (Å²) in [5.74, 6) is 2.32. The van der Waals surface area contributed by atoms with E-state index in [0.29, 0.717) is 17.4 Å². The minimum absolute atomic E-state index is 0.567. The summed E-state index contributed by atoms with van der Waals surface area (Å²) in [6.45, 7) is 0.814. The van der Waals surface area contributed by atoms with Crippen LogP contribution in [-0.2, 0) is 6.54 Å². The number of hydrogen-bond acceptors (Lipinski definition) is 4. The first kappa shape index (κ1) is 14.4. The van der Waals surface area contributed by atoms with Gasteiger partial charge in [-0.15, -0.1) is 0 Å². The third kappa shape index (κ3) is 2.43. The van der Waals surface area contributed by atoms with Gasteiger partial charge in [0.1, 0.15) is 11.3 Å². The predicted molar refractivity (Wildman–Crippen MR) is 96.9 cm³/mol. The minimum atomic E-state index is 0.567. The molecular weight excluding hydrogens is 312 g/mol. The zero-order valence-corrected chi connectivity index (χ0v) is 14.0. The van der Waals surface area contributed by atoms with Gasteiger partial charge in [0.05, 0.1) is 18.8 Å². The highest BCUT2D eigenvalue weighted by molar-refractivity contribution is 6.01. The van der Waals surface area contributed by atoms with Crippen LogP contribution in [0.15, 0.2) is 48.7 Å². The highest BCUT2D eigenvalue weighted by Gasteiger charge is 2.30. The molecule has 3 heterocycles. The van der Waals surface area contributed by atoms with Gasteiger partial charge in [0.25, 0.3) is 0 Å². The number of benzene rings is 1. The van der Waals surface area contributed by atoms with Crippen molar-refractivity contribution < 1.29 is 4.74 Å². The lowest BCUT2D eigenvalue weighted by atomic mass is 10.2. The van der Waals surface area contributed by atoms with Gasteiger partial charge in [-0.2, -0.15) is 4.98 Å². The maximum Gasteiger partial charge on any atom is 0.215 e. The van der Waals surface area contributed by atoms with Crippen molar-refractivity contribution in [3.05, 3.63) is 60.0 Å². The van der Waals surface area contributed by atoms with Crippen LogP contribution in [0, 0.1) is 0 Å². The summed E-state index contributed by atoms with van der Waals surface area (Å²) in [6, 6.07) is 14.5. The summed E-state index contributed by atoms with van der Waals surface area (Å²) < 4.78 is 7.59. The third-order valence-corrected chi connectivity index (χ3v) is 4.77.